The molecule has 0 saturated carbocycles. The molecular formula is C28H54O8Ti. The summed E-state index contributed by atoms with van der Waals surface area (Å²) in [4.78, 5) is 41.8. The number of unbranched alkanes of at least 4 members (excludes halogenated alkanes) is 10. The van der Waals surface area contributed by atoms with Crippen molar-refractivity contribution >= 4 is 23.5 Å². The van der Waals surface area contributed by atoms with Gasteiger partial charge in [-0.1, -0.05) is 91.9 Å². The Bertz CT molecular complexity index is 451. The third-order valence-electron chi connectivity index (χ3n) is 4.82. The molecule has 0 aliphatic heterocycles. The molecule has 0 aliphatic carbocycles. The Labute approximate surface area is 240 Å². The second-order valence-electron chi connectivity index (χ2n) is 8.66. The summed E-state index contributed by atoms with van der Waals surface area (Å²) < 4.78 is 0. The van der Waals surface area contributed by atoms with Gasteiger partial charge in [0.25, 0.3) is 0 Å². The largest absolute Gasteiger partial charge is 2.00 e. The molecule has 0 spiro atoms. The molecule has 0 aromatic heterocycles. The summed E-state index contributed by atoms with van der Waals surface area (Å²) in [6.07, 6.45) is 14.7. The van der Waals surface area contributed by atoms with E-state index in [1.807, 2.05) is 0 Å². The molecule has 0 bridgehead atoms. The normalized spacial score (nSPS) is 9.24. The monoisotopic (exact) mass is 566 g/mol. The molecule has 0 aromatic carbocycles. The fourth-order valence-corrected chi connectivity index (χ4v) is 2.67. The molecule has 9 heteroatoms. The van der Waals surface area contributed by atoms with Crippen LogP contribution in [-0.2, 0) is 40.9 Å². The predicted molar refractivity (Wildman–Crippen MR) is 140 cm³/mol. The zero-order valence-corrected chi connectivity index (χ0v) is 25.5. The van der Waals surface area contributed by atoms with Crippen LogP contribution in [0.4, 0.5) is 0 Å². The smallest absolute Gasteiger partial charge is 0.550 e. The Kier molecular flexibility index (Phi) is 52.0. The number of carboxylic acid groups (broad SMARTS) is 2. The molecule has 0 fully saturated rings. The van der Waals surface area contributed by atoms with Crippen molar-refractivity contribution in [2.24, 2.45) is 0 Å². The predicted octanol–water partition coefficient (Wildman–Crippen LogP) is 3.67. The molecule has 0 aliphatic rings. The molecule has 0 heterocycles. The van der Waals surface area contributed by atoms with Crippen molar-refractivity contribution in [3.05, 3.63) is 0 Å². The summed E-state index contributed by atoms with van der Waals surface area (Å²) in [6.45, 7) is 9.04. The van der Waals surface area contributed by atoms with Crippen molar-refractivity contribution in [1.82, 2.24) is 0 Å². The minimum atomic E-state index is -1.27. The van der Waals surface area contributed by atoms with E-state index in [1.165, 1.54) is 25.7 Å². The number of hydrogen-bond acceptors (Lipinski definition) is 8. The molecule has 2 N–H and O–H groups in total. The molecule has 0 radical (unpaired) electrons. The van der Waals surface area contributed by atoms with Crippen molar-refractivity contribution in [1.29, 1.82) is 0 Å². The van der Waals surface area contributed by atoms with Gasteiger partial charge in [-0.25, -0.2) is 0 Å². The van der Waals surface area contributed by atoms with E-state index >= 15 is 0 Å². The standard InChI is InChI=1S/2C10H18O3.2C4H10O.Ti/c2*1-2-3-4-5-6-7-9(11)8-10(12)13;2*1-2-3-4-5;/h2*2-8H2,1H3,(H,12,13);2*5H,2-4H2,1H3;/q;;;;+2/p-2. The van der Waals surface area contributed by atoms with Crippen molar-refractivity contribution < 1.29 is 61.3 Å². The number of hydrogen-bond donors (Lipinski definition) is 2. The number of rotatable bonds is 20. The molecule has 0 atom stereocenters. The Hall–Kier alpha value is -1.09. The van der Waals surface area contributed by atoms with E-state index in [4.69, 9.17) is 10.2 Å². The van der Waals surface area contributed by atoms with Gasteiger partial charge in [-0.2, -0.15) is 0 Å². The van der Waals surface area contributed by atoms with Gasteiger partial charge in [-0.3, -0.25) is 9.59 Å². The summed E-state index contributed by atoms with van der Waals surface area (Å²) in [7, 11) is 0. The number of carbonyl (C=O) groups excluding carboxylic acids is 4. The zero-order chi connectivity index (χ0) is 28.5. The average Bonchev–Trinajstić information content (AvgIpc) is 2.80. The van der Waals surface area contributed by atoms with Crippen molar-refractivity contribution in [2.45, 2.75) is 143 Å². The number of aliphatic hydroxyl groups excluding tert-OH is 2. The third kappa shape index (κ3) is 60.9. The Morgan fingerprint density at radius 1 is 0.486 bits per heavy atom. The van der Waals surface area contributed by atoms with Crippen LogP contribution in [0.2, 0.25) is 0 Å². The first kappa shape index (κ1) is 45.8. The maximum Gasteiger partial charge on any atom is 2.00 e. The van der Waals surface area contributed by atoms with E-state index in [2.05, 4.69) is 27.7 Å². The minimum absolute atomic E-state index is 0. The second kappa shape index (κ2) is 42.0. The summed E-state index contributed by atoms with van der Waals surface area (Å²) in [5, 5.41) is 36.2. The number of aliphatic carboxylic acids is 2. The van der Waals surface area contributed by atoms with Crippen molar-refractivity contribution in [3.63, 3.8) is 0 Å². The summed E-state index contributed by atoms with van der Waals surface area (Å²) >= 11 is 0. The summed E-state index contributed by atoms with van der Waals surface area (Å²) in [5.74, 6) is -2.95. The van der Waals surface area contributed by atoms with Gasteiger partial charge >= 0.3 is 21.7 Å². The van der Waals surface area contributed by atoms with Crippen LogP contribution >= 0.6 is 0 Å². The molecule has 37 heavy (non-hydrogen) atoms. The first-order chi connectivity index (χ1) is 17.2. The topological polar surface area (TPSA) is 155 Å². The van der Waals surface area contributed by atoms with Gasteiger partial charge in [-0.15, -0.1) is 0 Å². The van der Waals surface area contributed by atoms with Crippen molar-refractivity contribution in [3.8, 4) is 0 Å². The first-order valence-corrected chi connectivity index (χ1v) is 13.8. The van der Waals surface area contributed by atoms with E-state index in [0.29, 0.717) is 26.1 Å². The molecule has 0 saturated heterocycles. The van der Waals surface area contributed by atoms with Gasteiger partial charge in [0.05, 0.1) is 0 Å². The van der Waals surface area contributed by atoms with Crippen LogP contribution in [0.15, 0.2) is 0 Å². The molecular weight excluding hydrogens is 512 g/mol. The van der Waals surface area contributed by atoms with E-state index in [0.717, 1.165) is 64.2 Å². The quantitative estimate of drug-likeness (QED) is 0.129. The van der Waals surface area contributed by atoms with Crippen LogP contribution in [0.25, 0.3) is 0 Å². The minimum Gasteiger partial charge on any atom is -0.550 e. The first-order valence-electron chi connectivity index (χ1n) is 13.8. The van der Waals surface area contributed by atoms with Gasteiger partial charge in [0.1, 0.15) is 11.6 Å². The Morgan fingerprint density at radius 2 is 0.757 bits per heavy atom. The van der Waals surface area contributed by atoms with Crippen LogP contribution in [-0.4, -0.2) is 46.9 Å². The summed E-state index contributed by atoms with van der Waals surface area (Å²) in [5.41, 5.74) is 0. The molecule has 218 valence electrons. The van der Waals surface area contributed by atoms with E-state index in [9.17, 15) is 29.4 Å². The van der Waals surface area contributed by atoms with Crippen LogP contribution in [0.5, 0.6) is 0 Å². The van der Waals surface area contributed by atoms with E-state index in [-0.39, 0.29) is 33.3 Å². The Morgan fingerprint density at radius 3 is 0.946 bits per heavy atom. The second-order valence-corrected chi connectivity index (χ2v) is 8.66. The van der Waals surface area contributed by atoms with Crippen LogP contribution in [0.1, 0.15) is 143 Å². The fourth-order valence-electron chi connectivity index (χ4n) is 2.67. The summed E-state index contributed by atoms with van der Waals surface area (Å²) in [6, 6.07) is 0. The molecule has 0 aromatic rings. The SMILES string of the molecule is CCCCCCCC(=O)CC(=O)[O-].CCCCCCCC(=O)CC(=O)[O-].CCCCO.CCCCO.[Ti+2]. The zero-order valence-electron chi connectivity index (χ0n) is 24.0. The maximum atomic E-state index is 10.9. The van der Waals surface area contributed by atoms with Crippen LogP contribution < -0.4 is 10.2 Å². The van der Waals surface area contributed by atoms with E-state index in [1.54, 1.807) is 0 Å². The van der Waals surface area contributed by atoms with Crippen molar-refractivity contribution in [2.75, 3.05) is 13.2 Å². The number of ketones is 2. The number of aliphatic hydroxyl groups is 2. The van der Waals surface area contributed by atoms with Gasteiger partial charge in [0.15, 0.2) is 0 Å². The number of Topliss-reactive ketones (excluding diaryl/α,β-unsaturated/α-hetero) is 2. The molecule has 0 unspecified atom stereocenters. The van der Waals surface area contributed by atoms with Gasteiger partial charge < -0.3 is 30.0 Å². The van der Waals surface area contributed by atoms with Gasteiger partial charge in [0.2, 0.25) is 0 Å². The van der Waals surface area contributed by atoms with Gasteiger partial charge in [0, 0.05) is 50.8 Å². The number of carboxylic acids is 2. The molecule has 0 rings (SSSR count). The van der Waals surface area contributed by atoms with Crippen LogP contribution in [0, 0.1) is 0 Å². The third-order valence-corrected chi connectivity index (χ3v) is 4.82. The van der Waals surface area contributed by atoms with Crippen LogP contribution in [0.3, 0.4) is 0 Å². The number of carbonyl (C=O) groups is 4. The Balaban J connectivity index is -0.000000133. The maximum absolute atomic E-state index is 10.9. The molecule has 0 amide bonds. The van der Waals surface area contributed by atoms with Gasteiger partial charge in [-0.05, 0) is 25.7 Å². The fraction of sp³-hybridized carbons (Fsp3) is 0.857. The average molecular weight is 567 g/mol. The van der Waals surface area contributed by atoms with E-state index < -0.39 is 24.8 Å². The molecule has 8 nitrogen and oxygen atoms in total.